The van der Waals surface area contributed by atoms with Gasteiger partial charge in [-0.25, -0.2) is 4.52 Å². The van der Waals surface area contributed by atoms with Crippen LogP contribution in [0.5, 0.6) is 0 Å². The van der Waals surface area contributed by atoms with Crippen LogP contribution >= 0.6 is 0 Å². The van der Waals surface area contributed by atoms with E-state index >= 15 is 0 Å². The van der Waals surface area contributed by atoms with E-state index in [1.165, 1.54) is 18.5 Å². The van der Waals surface area contributed by atoms with Crippen molar-refractivity contribution < 1.29 is 4.74 Å². The fourth-order valence-electron chi connectivity index (χ4n) is 6.26. The summed E-state index contributed by atoms with van der Waals surface area (Å²) in [5.74, 6) is 0. The maximum atomic E-state index is 9.74. The van der Waals surface area contributed by atoms with Crippen LogP contribution in [0.1, 0.15) is 32.1 Å². The van der Waals surface area contributed by atoms with E-state index in [4.69, 9.17) is 4.74 Å². The molecule has 5 heterocycles. The molecule has 1 N–H and O–H groups in total. The summed E-state index contributed by atoms with van der Waals surface area (Å²) >= 11 is 0. The van der Waals surface area contributed by atoms with E-state index in [2.05, 4.69) is 49.5 Å². The molecule has 2 unspecified atom stereocenters. The second kappa shape index (κ2) is 7.61. The van der Waals surface area contributed by atoms with Crippen LogP contribution in [0.3, 0.4) is 0 Å². The van der Waals surface area contributed by atoms with Gasteiger partial charge in [0.05, 0.1) is 28.9 Å². The molecule has 6 rings (SSSR count). The minimum Gasteiger partial charge on any atom is -0.385 e. The van der Waals surface area contributed by atoms with Gasteiger partial charge in [-0.2, -0.15) is 15.5 Å². The first-order valence-electron chi connectivity index (χ1n) is 11.6. The standard InChI is InChI=1S/C24H29N7O/c1-32-7-5-24(16-25)9-21(10-24)31-19-2-3-20(31)15-29(14-19)22-4-6-28-30-13-17(8-23(22)30)18-11-26-27-12-18/h4,6,8,11-13,19-21H,2-3,5,7,9-10,14-15H2,1H3,(H,26,27)/t19?,20?,21-,24+. The average molecular weight is 432 g/mol. The van der Waals surface area contributed by atoms with Crippen LogP contribution in [-0.4, -0.2) is 69.6 Å². The highest BCUT2D eigenvalue weighted by atomic mass is 16.5. The fraction of sp³-hybridized carbons (Fsp3) is 0.542. The van der Waals surface area contributed by atoms with E-state index in [-0.39, 0.29) is 5.41 Å². The molecule has 32 heavy (non-hydrogen) atoms. The number of nitrogens with zero attached hydrogens (tertiary/aromatic N) is 6. The van der Waals surface area contributed by atoms with Gasteiger partial charge >= 0.3 is 0 Å². The monoisotopic (exact) mass is 431 g/mol. The molecular weight excluding hydrogens is 402 g/mol. The molecule has 0 radical (unpaired) electrons. The van der Waals surface area contributed by atoms with Crippen molar-refractivity contribution in [3.8, 4) is 17.2 Å². The Balaban J connectivity index is 1.21. The van der Waals surface area contributed by atoms with Gasteiger partial charge in [-0.1, -0.05) is 0 Å². The molecule has 2 atom stereocenters. The van der Waals surface area contributed by atoms with E-state index in [1.54, 1.807) is 7.11 Å². The molecule has 0 spiro atoms. The van der Waals surface area contributed by atoms with Gasteiger partial charge in [-0.15, -0.1) is 0 Å². The lowest BCUT2D eigenvalue weighted by atomic mass is 9.63. The summed E-state index contributed by atoms with van der Waals surface area (Å²) in [4.78, 5) is 5.31. The smallest absolute Gasteiger partial charge is 0.0886 e. The summed E-state index contributed by atoms with van der Waals surface area (Å²) in [6, 6.07) is 8.64. The lowest BCUT2D eigenvalue weighted by molar-refractivity contribution is -0.0146. The van der Waals surface area contributed by atoms with Gasteiger partial charge in [0.1, 0.15) is 0 Å². The molecule has 2 aliphatic heterocycles. The summed E-state index contributed by atoms with van der Waals surface area (Å²) in [5, 5.41) is 21.3. The second-order valence-electron chi connectivity index (χ2n) is 9.70. The van der Waals surface area contributed by atoms with Crippen LogP contribution in [0.15, 0.2) is 36.9 Å². The number of ether oxygens (including phenoxy) is 1. The number of aromatic nitrogens is 4. The third-order valence-electron chi connectivity index (χ3n) is 7.89. The van der Waals surface area contributed by atoms with Crippen molar-refractivity contribution in [1.29, 1.82) is 5.26 Å². The van der Waals surface area contributed by atoms with Crippen LogP contribution in [0.4, 0.5) is 5.69 Å². The fourth-order valence-corrected chi connectivity index (χ4v) is 6.26. The van der Waals surface area contributed by atoms with Crippen molar-refractivity contribution >= 4 is 11.2 Å². The third kappa shape index (κ3) is 3.11. The van der Waals surface area contributed by atoms with Crippen molar-refractivity contribution in [3.63, 3.8) is 0 Å². The number of fused-ring (bicyclic) bond motifs is 3. The van der Waals surface area contributed by atoms with E-state index in [1.807, 2.05) is 23.1 Å². The zero-order valence-electron chi connectivity index (χ0n) is 18.4. The Hall–Kier alpha value is -2.89. The number of hydrogen-bond acceptors (Lipinski definition) is 6. The summed E-state index contributed by atoms with van der Waals surface area (Å²) in [6.45, 7) is 2.75. The second-order valence-corrected chi connectivity index (χ2v) is 9.70. The normalized spacial score (nSPS) is 29.9. The number of aromatic amines is 1. The third-order valence-corrected chi connectivity index (χ3v) is 7.89. The number of nitriles is 1. The molecule has 166 valence electrons. The van der Waals surface area contributed by atoms with Crippen LogP contribution in [0.2, 0.25) is 0 Å². The zero-order valence-corrected chi connectivity index (χ0v) is 18.4. The molecule has 0 amide bonds. The molecule has 3 aromatic rings. The molecule has 1 saturated carbocycles. The summed E-state index contributed by atoms with van der Waals surface area (Å²) in [6.07, 6.45) is 13.1. The molecule has 1 aliphatic carbocycles. The summed E-state index contributed by atoms with van der Waals surface area (Å²) < 4.78 is 7.23. The minimum atomic E-state index is -0.177. The van der Waals surface area contributed by atoms with E-state index < -0.39 is 0 Å². The molecule has 0 aromatic carbocycles. The topological polar surface area (TPSA) is 85.5 Å². The number of anilines is 1. The number of piperazine rings is 1. The lowest BCUT2D eigenvalue weighted by Crippen LogP contribution is -2.62. The van der Waals surface area contributed by atoms with Crippen molar-refractivity contribution in [2.45, 2.75) is 50.2 Å². The van der Waals surface area contributed by atoms with Crippen LogP contribution in [0.25, 0.3) is 16.6 Å². The molecule has 3 aromatic heterocycles. The Labute approximate surface area is 187 Å². The Bertz CT molecular complexity index is 1130. The van der Waals surface area contributed by atoms with Crippen molar-refractivity contribution in [1.82, 2.24) is 24.7 Å². The van der Waals surface area contributed by atoms with Crippen LogP contribution in [0, 0.1) is 16.7 Å². The van der Waals surface area contributed by atoms with Gasteiger partial charge in [-0.3, -0.25) is 10.00 Å². The molecule has 2 bridgehead atoms. The Morgan fingerprint density at radius 3 is 2.72 bits per heavy atom. The number of H-pyrrole nitrogens is 1. The molecule has 8 nitrogen and oxygen atoms in total. The highest BCUT2D eigenvalue weighted by molar-refractivity contribution is 5.79. The van der Waals surface area contributed by atoms with Gasteiger partial charge in [0.15, 0.2) is 0 Å². The minimum absolute atomic E-state index is 0.177. The first-order chi connectivity index (χ1) is 15.7. The van der Waals surface area contributed by atoms with E-state index in [0.29, 0.717) is 24.7 Å². The number of methoxy groups -OCH3 is 1. The van der Waals surface area contributed by atoms with Crippen LogP contribution in [-0.2, 0) is 4.74 Å². The highest BCUT2D eigenvalue weighted by Gasteiger charge is 2.52. The molecule has 3 aliphatic rings. The Morgan fingerprint density at radius 1 is 1.22 bits per heavy atom. The van der Waals surface area contributed by atoms with Gasteiger partial charge in [0.25, 0.3) is 0 Å². The van der Waals surface area contributed by atoms with E-state index in [9.17, 15) is 5.26 Å². The van der Waals surface area contributed by atoms with Crippen molar-refractivity contribution in [2.24, 2.45) is 5.41 Å². The number of rotatable bonds is 6. The SMILES string of the molecule is COCC[C@]1(C#N)C[C@@H](N2C3CCC2CN(c2ccnn4cc(-c5cn[nH]c5)cc24)C3)C1. The van der Waals surface area contributed by atoms with Gasteiger partial charge in [0, 0.05) is 74.6 Å². The first-order valence-corrected chi connectivity index (χ1v) is 11.6. The Kier molecular flexibility index (Phi) is 4.70. The van der Waals surface area contributed by atoms with Crippen molar-refractivity contribution in [3.05, 3.63) is 36.9 Å². The molecular formula is C24H29N7O. The number of nitrogens with one attached hydrogen (secondary N) is 1. The predicted octanol–water partition coefficient (Wildman–Crippen LogP) is 3.09. The maximum absolute atomic E-state index is 9.74. The quantitative estimate of drug-likeness (QED) is 0.646. The maximum Gasteiger partial charge on any atom is 0.0886 e. The zero-order chi connectivity index (χ0) is 21.7. The van der Waals surface area contributed by atoms with Crippen LogP contribution < -0.4 is 4.90 Å². The molecule has 8 heteroatoms. The summed E-state index contributed by atoms with van der Waals surface area (Å²) in [5.41, 5.74) is 4.42. The average Bonchev–Trinajstić information content (AvgIpc) is 3.51. The van der Waals surface area contributed by atoms with Crippen molar-refractivity contribution in [2.75, 3.05) is 31.7 Å². The van der Waals surface area contributed by atoms with Gasteiger partial charge < -0.3 is 9.64 Å². The lowest BCUT2D eigenvalue weighted by Gasteiger charge is -2.53. The first kappa shape index (κ1) is 19.8. The van der Waals surface area contributed by atoms with Gasteiger partial charge in [0.2, 0.25) is 0 Å². The molecule has 3 fully saturated rings. The van der Waals surface area contributed by atoms with Gasteiger partial charge in [-0.05, 0) is 44.2 Å². The predicted molar refractivity (Wildman–Crippen MR) is 121 cm³/mol. The highest BCUT2D eigenvalue weighted by Crippen LogP contribution is 2.50. The summed E-state index contributed by atoms with van der Waals surface area (Å²) in [7, 11) is 1.72. The Morgan fingerprint density at radius 2 is 2.03 bits per heavy atom. The number of hydrogen-bond donors (Lipinski definition) is 1. The molecule has 2 saturated heterocycles. The largest absolute Gasteiger partial charge is 0.385 e. The van der Waals surface area contributed by atoms with E-state index in [0.717, 1.165) is 49.0 Å².